The molecule has 0 spiro atoms. The minimum Gasteiger partial charge on any atom is -0.297 e. The molecule has 0 amide bonds. The molecular weight excluding hydrogens is 510 g/mol. The van der Waals surface area contributed by atoms with E-state index in [0.29, 0.717) is 21.8 Å². The van der Waals surface area contributed by atoms with Crippen LogP contribution < -0.4 is 0 Å². The third-order valence-corrected chi connectivity index (χ3v) is 9.16. The molecular formula is C28H30ClN3O2S2. The first-order chi connectivity index (χ1) is 17.2. The van der Waals surface area contributed by atoms with Crippen molar-refractivity contribution in [3.05, 3.63) is 77.4 Å². The van der Waals surface area contributed by atoms with Crippen LogP contribution in [0.3, 0.4) is 0 Å². The normalized spacial score (nSPS) is 19.0. The van der Waals surface area contributed by atoms with Crippen LogP contribution in [0.25, 0.3) is 26.7 Å². The maximum atomic E-state index is 12.1. The van der Waals surface area contributed by atoms with Crippen molar-refractivity contribution in [3.63, 3.8) is 0 Å². The van der Waals surface area contributed by atoms with E-state index in [9.17, 15) is 8.42 Å². The monoisotopic (exact) mass is 539 g/mol. The van der Waals surface area contributed by atoms with Gasteiger partial charge in [0, 0.05) is 30.8 Å². The summed E-state index contributed by atoms with van der Waals surface area (Å²) in [6.45, 7) is 7.61. The third kappa shape index (κ3) is 5.44. The number of benzene rings is 2. The lowest BCUT2D eigenvalue weighted by atomic mass is 9.92. The fourth-order valence-electron chi connectivity index (χ4n) is 5.15. The molecule has 8 heteroatoms. The Hall–Kier alpha value is -2.45. The second-order valence-electron chi connectivity index (χ2n) is 9.99. The molecule has 0 bridgehead atoms. The van der Waals surface area contributed by atoms with Crippen LogP contribution in [0.15, 0.2) is 71.6 Å². The summed E-state index contributed by atoms with van der Waals surface area (Å²) in [5.74, 6) is 1.36. The van der Waals surface area contributed by atoms with Crippen LogP contribution in [-0.4, -0.2) is 42.4 Å². The van der Waals surface area contributed by atoms with E-state index in [-0.39, 0.29) is 0 Å². The number of para-hydroxylation sites is 1. The highest BCUT2D eigenvalue weighted by Gasteiger charge is 2.24. The van der Waals surface area contributed by atoms with Gasteiger partial charge in [-0.05, 0) is 66.3 Å². The number of thiophene rings is 1. The molecule has 5 nitrogen and oxygen atoms in total. The van der Waals surface area contributed by atoms with Crippen molar-refractivity contribution < 1.29 is 8.42 Å². The van der Waals surface area contributed by atoms with E-state index in [1.807, 2.05) is 41.1 Å². The molecule has 3 heterocycles. The zero-order chi connectivity index (χ0) is 25.4. The molecule has 4 aromatic rings. The second-order valence-corrected chi connectivity index (χ2v) is 13.5. The van der Waals surface area contributed by atoms with Crippen LogP contribution in [0.1, 0.15) is 26.0 Å². The molecule has 188 valence electrons. The third-order valence-electron chi connectivity index (χ3n) is 6.58. The van der Waals surface area contributed by atoms with Crippen LogP contribution >= 0.6 is 22.9 Å². The molecule has 2 unspecified atom stereocenters. The van der Waals surface area contributed by atoms with Crippen LogP contribution in [0, 0.1) is 11.8 Å². The summed E-state index contributed by atoms with van der Waals surface area (Å²) in [5, 5.41) is 5.65. The second kappa shape index (κ2) is 10.1. The summed E-state index contributed by atoms with van der Waals surface area (Å²) < 4.78 is 26.1. The predicted molar refractivity (Wildman–Crippen MR) is 149 cm³/mol. The number of hydrogen-bond acceptors (Lipinski definition) is 5. The first kappa shape index (κ1) is 25.2. The highest BCUT2D eigenvalue weighted by Crippen LogP contribution is 2.37. The zero-order valence-electron chi connectivity index (χ0n) is 20.7. The molecule has 0 radical (unpaired) electrons. The largest absolute Gasteiger partial charge is 0.297 e. The molecule has 2 aromatic heterocycles. The molecule has 0 N–H and O–H groups in total. The van der Waals surface area contributed by atoms with Gasteiger partial charge in [-0.2, -0.15) is 5.10 Å². The van der Waals surface area contributed by atoms with E-state index < -0.39 is 9.84 Å². The number of hydrogen-bond donors (Lipinski definition) is 0. The van der Waals surface area contributed by atoms with Crippen molar-refractivity contribution in [1.82, 2.24) is 14.7 Å². The van der Waals surface area contributed by atoms with Gasteiger partial charge in [0.2, 0.25) is 0 Å². The maximum absolute atomic E-state index is 12.1. The lowest BCUT2D eigenvalue weighted by Crippen LogP contribution is -2.38. The molecule has 1 aliphatic heterocycles. The van der Waals surface area contributed by atoms with Gasteiger partial charge in [0.25, 0.3) is 0 Å². The first-order valence-corrected chi connectivity index (χ1v) is 15.2. The Morgan fingerprint density at radius 3 is 2.42 bits per heavy atom. The van der Waals surface area contributed by atoms with Gasteiger partial charge in [-0.3, -0.25) is 4.90 Å². The first-order valence-electron chi connectivity index (χ1n) is 12.1. The lowest BCUT2D eigenvalue weighted by Gasteiger charge is -2.34. The molecule has 0 saturated carbocycles. The number of halogens is 1. The van der Waals surface area contributed by atoms with E-state index in [4.69, 9.17) is 16.7 Å². The molecule has 1 aliphatic rings. The number of rotatable bonds is 6. The highest BCUT2D eigenvalue weighted by atomic mass is 35.5. The average Bonchev–Trinajstić information content (AvgIpc) is 3.46. The molecule has 2 aromatic carbocycles. The van der Waals surface area contributed by atoms with Gasteiger partial charge in [-0.25, -0.2) is 13.1 Å². The fourth-order valence-corrected chi connectivity index (χ4v) is 7.04. The van der Waals surface area contributed by atoms with E-state index >= 15 is 0 Å². The van der Waals surface area contributed by atoms with Crippen molar-refractivity contribution in [2.75, 3.05) is 19.3 Å². The number of sulfone groups is 1. The summed E-state index contributed by atoms with van der Waals surface area (Å²) in [4.78, 5) is 4.87. The van der Waals surface area contributed by atoms with Crippen molar-refractivity contribution in [1.29, 1.82) is 0 Å². The summed E-state index contributed by atoms with van der Waals surface area (Å²) in [7, 11) is -3.27. The van der Waals surface area contributed by atoms with Gasteiger partial charge in [-0.15, -0.1) is 11.3 Å². The maximum Gasteiger partial charge on any atom is 0.175 e. The SMILES string of the molecule is CC1CC(C)CN(Cc2cc(-c3ccc(-c4cccc(S(C)(=O)=O)c4)s3)n(-c3ccccc3Cl)n2)C1. The summed E-state index contributed by atoms with van der Waals surface area (Å²) in [6, 6.07) is 21.1. The van der Waals surface area contributed by atoms with Gasteiger partial charge < -0.3 is 0 Å². The quantitative estimate of drug-likeness (QED) is 0.270. The Balaban J connectivity index is 1.53. The van der Waals surface area contributed by atoms with Gasteiger partial charge in [0.15, 0.2) is 9.84 Å². The zero-order valence-corrected chi connectivity index (χ0v) is 23.1. The number of nitrogens with zero attached hydrogens (tertiary/aromatic N) is 3. The van der Waals surface area contributed by atoms with Crippen molar-refractivity contribution in [3.8, 4) is 26.7 Å². The Labute approximate surface area is 222 Å². The van der Waals surface area contributed by atoms with Gasteiger partial charge in [0.05, 0.1) is 31.9 Å². The molecule has 1 fully saturated rings. The smallest absolute Gasteiger partial charge is 0.175 e. The van der Waals surface area contributed by atoms with E-state index in [1.54, 1.807) is 29.5 Å². The molecule has 2 atom stereocenters. The van der Waals surface area contributed by atoms with Gasteiger partial charge >= 0.3 is 0 Å². The Kier molecular flexibility index (Phi) is 7.10. The molecule has 36 heavy (non-hydrogen) atoms. The van der Waals surface area contributed by atoms with Gasteiger partial charge in [0.1, 0.15) is 0 Å². The lowest BCUT2D eigenvalue weighted by molar-refractivity contribution is 0.133. The summed E-state index contributed by atoms with van der Waals surface area (Å²) in [5.41, 5.74) is 3.72. The number of aromatic nitrogens is 2. The standard InChI is InChI=1S/C28H30ClN3O2S2/c1-19-13-20(2)17-31(16-19)18-22-15-26(32(30-22)25-10-5-4-9-24(25)29)28-12-11-27(35-28)21-7-6-8-23(14-21)36(3,33)34/h4-12,14-15,19-20H,13,16-18H2,1-3H3. The Morgan fingerprint density at radius 1 is 0.972 bits per heavy atom. The fraction of sp³-hybridized carbons (Fsp3) is 0.321. The summed E-state index contributed by atoms with van der Waals surface area (Å²) in [6.07, 6.45) is 2.51. The summed E-state index contributed by atoms with van der Waals surface area (Å²) >= 11 is 8.22. The highest BCUT2D eigenvalue weighted by molar-refractivity contribution is 7.90. The van der Waals surface area contributed by atoms with Crippen molar-refractivity contribution in [2.45, 2.75) is 31.7 Å². The van der Waals surface area contributed by atoms with Crippen molar-refractivity contribution >= 4 is 32.8 Å². The molecule has 1 saturated heterocycles. The average molecular weight is 540 g/mol. The number of likely N-dealkylation sites (tertiary alicyclic amines) is 1. The van der Waals surface area contributed by atoms with Gasteiger partial charge in [-0.1, -0.05) is 49.7 Å². The Bertz CT molecular complexity index is 1480. The van der Waals surface area contributed by atoms with E-state index in [2.05, 4.69) is 30.9 Å². The Morgan fingerprint density at radius 2 is 1.69 bits per heavy atom. The van der Waals surface area contributed by atoms with Crippen molar-refractivity contribution in [2.24, 2.45) is 11.8 Å². The number of piperidine rings is 1. The topological polar surface area (TPSA) is 55.2 Å². The van der Waals surface area contributed by atoms with E-state index in [1.165, 1.54) is 12.7 Å². The molecule has 5 rings (SSSR count). The van der Waals surface area contributed by atoms with Crippen LogP contribution in [0.2, 0.25) is 5.02 Å². The minimum atomic E-state index is -3.27. The van der Waals surface area contributed by atoms with Crippen LogP contribution in [0.4, 0.5) is 0 Å². The van der Waals surface area contributed by atoms with Crippen LogP contribution in [0.5, 0.6) is 0 Å². The minimum absolute atomic E-state index is 0.323. The van der Waals surface area contributed by atoms with Crippen LogP contribution in [-0.2, 0) is 16.4 Å². The van der Waals surface area contributed by atoms with E-state index in [0.717, 1.165) is 52.0 Å². The molecule has 0 aliphatic carbocycles. The predicted octanol–water partition coefficient (Wildman–Crippen LogP) is 6.80.